The summed E-state index contributed by atoms with van der Waals surface area (Å²) in [6.07, 6.45) is 0.360. The molecule has 4 N–H and O–H groups in total. The molecule has 0 saturated carbocycles. The first-order valence-electron chi connectivity index (χ1n) is 6.32. The Kier molecular flexibility index (Phi) is 6.12. The Balaban J connectivity index is 3.63. The van der Waals surface area contributed by atoms with Gasteiger partial charge >= 0.3 is 0 Å². The number of hydrogen-bond acceptors (Lipinski definition) is 5. The Morgan fingerprint density at radius 1 is 1.45 bits per heavy atom. The van der Waals surface area contributed by atoms with Crippen LogP contribution in [0.25, 0.3) is 0 Å². The SMILES string of the molecule is CCC(C)(C(=O)CSC#N)c1c(C(N)=O)cc(Cl)c(N)c1Cl. The third kappa shape index (κ3) is 3.32. The molecular weight excluding hydrogens is 345 g/mol. The number of benzene rings is 1. The summed E-state index contributed by atoms with van der Waals surface area (Å²) in [5, 5.41) is 10.6. The van der Waals surface area contributed by atoms with Gasteiger partial charge in [0.25, 0.3) is 0 Å². The van der Waals surface area contributed by atoms with Crippen LogP contribution in [-0.4, -0.2) is 17.4 Å². The van der Waals surface area contributed by atoms with E-state index in [-0.39, 0.29) is 38.4 Å². The van der Waals surface area contributed by atoms with Crippen LogP contribution in [0.15, 0.2) is 6.07 Å². The Bertz CT molecular complexity index is 673. The minimum Gasteiger partial charge on any atom is -0.396 e. The number of rotatable bonds is 6. The molecule has 0 radical (unpaired) electrons. The largest absolute Gasteiger partial charge is 0.396 e. The molecule has 0 saturated heterocycles. The second-order valence-corrected chi connectivity index (χ2v) is 6.41. The van der Waals surface area contributed by atoms with Crippen LogP contribution in [0, 0.1) is 10.7 Å². The predicted octanol–water partition coefficient (Wildman–Crippen LogP) is 3.13. The maximum absolute atomic E-state index is 12.5. The fourth-order valence-corrected chi connectivity index (χ4v) is 3.32. The molecule has 8 heteroatoms. The topological polar surface area (TPSA) is 110 Å². The van der Waals surface area contributed by atoms with Crippen LogP contribution in [-0.2, 0) is 10.2 Å². The number of amides is 1. The summed E-state index contributed by atoms with van der Waals surface area (Å²) in [5.74, 6) is -1.02. The fourth-order valence-electron chi connectivity index (χ4n) is 2.14. The lowest BCUT2D eigenvalue weighted by Crippen LogP contribution is -2.36. The third-order valence-corrected chi connectivity index (χ3v) is 4.90. The molecule has 1 rings (SSSR count). The average Bonchev–Trinajstić information content (AvgIpc) is 2.48. The van der Waals surface area contributed by atoms with E-state index in [4.69, 9.17) is 39.9 Å². The lowest BCUT2D eigenvalue weighted by atomic mass is 9.74. The highest BCUT2D eigenvalue weighted by Gasteiger charge is 2.38. The van der Waals surface area contributed by atoms with Crippen molar-refractivity contribution < 1.29 is 9.59 Å². The van der Waals surface area contributed by atoms with Crippen molar-refractivity contribution in [1.82, 2.24) is 0 Å². The van der Waals surface area contributed by atoms with Crippen molar-refractivity contribution >= 4 is 52.3 Å². The number of ketones is 1. The molecule has 0 aliphatic rings. The summed E-state index contributed by atoms with van der Waals surface area (Å²) in [4.78, 5) is 24.3. The number of nitrogens with two attached hydrogens (primary N) is 2. The molecule has 0 spiro atoms. The summed E-state index contributed by atoms with van der Waals surface area (Å²) in [6, 6.07) is 1.32. The quantitative estimate of drug-likeness (QED) is 0.598. The number of nitriles is 1. The molecule has 1 atom stereocenters. The molecule has 0 aliphatic carbocycles. The number of carbonyl (C=O) groups is 2. The highest BCUT2D eigenvalue weighted by atomic mass is 35.5. The molecule has 0 bridgehead atoms. The predicted molar refractivity (Wildman–Crippen MR) is 90.1 cm³/mol. The summed E-state index contributed by atoms with van der Waals surface area (Å²) in [6.45, 7) is 3.43. The van der Waals surface area contributed by atoms with Crippen LogP contribution < -0.4 is 11.5 Å². The summed E-state index contributed by atoms with van der Waals surface area (Å²) < 4.78 is 0. The summed E-state index contributed by atoms with van der Waals surface area (Å²) >= 11 is 13.0. The van der Waals surface area contributed by atoms with Crippen molar-refractivity contribution in [1.29, 1.82) is 5.26 Å². The van der Waals surface area contributed by atoms with Gasteiger partial charge in [-0.1, -0.05) is 30.1 Å². The van der Waals surface area contributed by atoms with Gasteiger partial charge in [0.05, 0.1) is 26.9 Å². The number of thiocyanates is 1. The van der Waals surface area contributed by atoms with Gasteiger partial charge in [-0.2, -0.15) is 5.26 Å². The van der Waals surface area contributed by atoms with Crippen molar-refractivity contribution in [2.75, 3.05) is 11.5 Å². The number of carbonyl (C=O) groups excluding carboxylic acids is 2. The van der Waals surface area contributed by atoms with Crippen LogP contribution in [0.4, 0.5) is 5.69 Å². The second-order valence-electron chi connectivity index (χ2n) is 4.86. The molecular formula is C14H15Cl2N3O2S. The van der Waals surface area contributed by atoms with E-state index in [2.05, 4.69) is 0 Å². The van der Waals surface area contributed by atoms with Gasteiger partial charge in [0.15, 0.2) is 5.78 Å². The standard InChI is InChI=1S/C14H15Cl2N3O2S/c1-3-14(2,9(20)5-22-6-17)10-7(13(19)21)4-8(15)12(18)11(10)16/h4H,3,5,18H2,1-2H3,(H2,19,21). The number of thioether (sulfide) groups is 1. The Morgan fingerprint density at radius 2 is 2.05 bits per heavy atom. The first-order valence-corrected chi connectivity index (χ1v) is 8.06. The van der Waals surface area contributed by atoms with Crippen LogP contribution in [0.5, 0.6) is 0 Å². The van der Waals surface area contributed by atoms with Gasteiger partial charge < -0.3 is 11.5 Å². The molecule has 1 aromatic rings. The minimum atomic E-state index is -1.09. The maximum Gasteiger partial charge on any atom is 0.249 e. The monoisotopic (exact) mass is 359 g/mol. The number of nitrogens with zero attached hydrogens (tertiary/aromatic N) is 1. The highest BCUT2D eigenvalue weighted by Crippen LogP contribution is 2.42. The first kappa shape index (κ1) is 18.6. The normalized spacial score (nSPS) is 13.2. The van der Waals surface area contributed by atoms with Crippen LogP contribution in [0.3, 0.4) is 0 Å². The fraction of sp³-hybridized carbons (Fsp3) is 0.357. The molecule has 1 unspecified atom stereocenters. The number of hydrogen-bond donors (Lipinski definition) is 2. The van der Waals surface area contributed by atoms with E-state index in [1.807, 2.05) is 5.40 Å². The number of Topliss-reactive ketones (excluding diaryl/α,β-unsaturated/α-hetero) is 1. The zero-order chi connectivity index (χ0) is 17.1. The first-order chi connectivity index (χ1) is 10.2. The van der Waals surface area contributed by atoms with Crippen LogP contribution in [0.1, 0.15) is 36.2 Å². The smallest absolute Gasteiger partial charge is 0.249 e. The molecule has 5 nitrogen and oxygen atoms in total. The molecule has 0 aliphatic heterocycles. The van der Waals surface area contributed by atoms with E-state index in [1.165, 1.54) is 6.07 Å². The van der Waals surface area contributed by atoms with Crippen molar-refractivity contribution in [3.63, 3.8) is 0 Å². The zero-order valence-electron chi connectivity index (χ0n) is 12.1. The third-order valence-electron chi connectivity index (χ3n) is 3.66. The number of primary amides is 1. The van der Waals surface area contributed by atoms with E-state index < -0.39 is 11.3 Å². The molecule has 118 valence electrons. The van der Waals surface area contributed by atoms with Gasteiger partial charge in [-0.15, -0.1) is 0 Å². The molecule has 0 heterocycles. The molecule has 0 aromatic heterocycles. The van der Waals surface area contributed by atoms with E-state index in [1.54, 1.807) is 13.8 Å². The van der Waals surface area contributed by atoms with Gasteiger partial charge in [-0.05, 0) is 36.7 Å². The lowest BCUT2D eigenvalue weighted by Gasteiger charge is -2.30. The highest BCUT2D eigenvalue weighted by molar-refractivity contribution is 8.04. The maximum atomic E-state index is 12.5. The van der Waals surface area contributed by atoms with E-state index >= 15 is 0 Å². The van der Waals surface area contributed by atoms with E-state index in [0.29, 0.717) is 6.42 Å². The van der Waals surface area contributed by atoms with Gasteiger partial charge in [-0.25, -0.2) is 0 Å². The van der Waals surface area contributed by atoms with Crippen molar-refractivity contribution in [2.24, 2.45) is 5.73 Å². The lowest BCUT2D eigenvalue weighted by molar-refractivity contribution is -0.121. The summed E-state index contributed by atoms with van der Waals surface area (Å²) in [7, 11) is 0. The number of halogens is 2. The molecule has 22 heavy (non-hydrogen) atoms. The van der Waals surface area contributed by atoms with Crippen LogP contribution >= 0.6 is 35.0 Å². The molecule has 0 fully saturated rings. The average molecular weight is 360 g/mol. The summed E-state index contributed by atoms with van der Waals surface area (Å²) in [5.41, 5.74) is 10.5. The second kappa shape index (κ2) is 7.23. The van der Waals surface area contributed by atoms with Crippen molar-refractivity contribution in [2.45, 2.75) is 25.7 Å². The number of anilines is 1. The van der Waals surface area contributed by atoms with Gasteiger partial charge in [0.2, 0.25) is 5.91 Å². The van der Waals surface area contributed by atoms with E-state index in [9.17, 15) is 9.59 Å². The minimum absolute atomic E-state index is 0.0299. The van der Waals surface area contributed by atoms with Crippen molar-refractivity contribution in [3.05, 3.63) is 27.2 Å². The van der Waals surface area contributed by atoms with Gasteiger partial charge in [0, 0.05) is 5.56 Å². The van der Waals surface area contributed by atoms with Gasteiger partial charge in [-0.3, -0.25) is 9.59 Å². The Hall–Kier alpha value is -1.42. The van der Waals surface area contributed by atoms with Gasteiger partial charge in [0.1, 0.15) is 5.40 Å². The van der Waals surface area contributed by atoms with Crippen molar-refractivity contribution in [3.8, 4) is 5.40 Å². The number of nitrogen functional groups attached to an aromatic ring is 1. The molecule has 1 aromatic carbocycles. The van der Waals surface area contributed by atoms with E-state index in [0.717, 1.165) is 11.8 Å². The Morgan fingerprint density at radius 3 is 2.50 bits per heavy atom. The van der Waals surface area contributed by atoms with Crippen LogP contribution in [0.2, 0.25) is 10.0 Å². The molecule has 1 amide bonds. The zero-order valence-corrected chi connectivity index (χ0v) is 14.4. The Labute approximate surface area is 142 Å².